The number of hydrogen-bond donors (Lipinski definition) is 3. The van der Waals surface area contributed by atoms with E-state index >= 15 is 0 Å². The lowest BCUT2D eigenvalue weighted by molar-refractivity contribution is 0.0695. The molecule has 0 fully saturated rings. The molecule has 0 saturated carbocycles. The molecule has 2 aromatic carbocycles. The Morgan fingerprint density at radius 3 is 2.12 bits per heavy atom. The van der Waals surface area contributed by atoms with E-state index < -0.39 is 11.9 Å². The fraction of sp³-hybridized carbons (Fsp3) is 0.105. The molecular formula is C19H15NO5S. The lowest BCUT2D eigenvalue weighted by atomic mass is 9.87. The molecule has 0 unspecified atom stereocenters. The highest BCUT2D eigenvalue weighted by atomic mass is 32.1. The summed E-state index contributed by atoms with van der Waals surface area (Å²) < 4.78 is 0. The lowest BCUT2D eigenvalue weighted by Gasteiger charge is -2.16. The van der Waals surface area contributed by atoms with E-state index in [4.69, 9.17) is 0 Å². The van der Waals surface area contributed by atoms with Crippen molar-refractivity contribution in [3.8, 4) is 28.1 Å². The van der Waals surface area contributed by atoms with Crippen LogP contribution in [-0.2, 0) is 0 Å². The first-order chi connectivity index (χ1) is 12.3. The largest absolute Gasteiger partial charge is 0.508 e. The zero-order chi connectivity index (χ0) is 19.0. The van der Waals surface area contributed by atoms with Gasteiger partial charge in [0.2, 0.25) is 0 Å². The summed E-state index contributed by atoms with van der Waals surface area (Å²) in [5, 5.41) is 31.4. The molecule has 0 aliphatic rings. The Hall–Kier alpha value is -3.19. The van der Waals surface area contributed by atoms with Gasteiger partial charge in [-0.1, -0.05) is 12.1 Å². The van der Waals surface area contributed by atoms with Crippen LogP contribution in [0.2, 0.25) is 0 Å². The molecule has 0 radical (unpaired) electrons. The van der Waals surface area contributed by atoms with Crippen LogP contribution in [0.3, 0.4) is 0 Å². The molecule has 0 atom stereocenters. The Morgan fingerprint density at radius 1 is 1.00 bits per heavy atom. The maximum atomic E-state index is 12.1. The third-order valence-corrected chi connectivity index (χ3v) is 4.78. The van der Waals surface area contributed by atoms with Gasteiger partial charge in [0, 0.05) is 10.9 Å². The van der Waals surface area contributed by atoms with Crippen molar-refractivity contribution in [3.63, 3.8) is 0 Å². The standard InChI is InChI=1S/C19H15NO5S/c1-9-7-13(11-3-5-12(21)6-4-11)16(19(24)25)17(15(9)18(22)23)14-8-26-10(2)20-14/h3-8,21H,1-2H3,(H,22,23)(H,24,25). The number of phenolic OH excluding ortho intramolecular Hbond substituents is 1. The van der Waals surface area contributed by atoms with Crippen LogP contribution in [0.25, 0.3) is 22.4 Å². The summed E-state index contributed by atoms with van der Waals surface area (Å²) >= 11 is 1.32. The van der Waals surface area contributed by atoms with Gasteiger partial charge >= 0.3 is 11.9 Å². The first-order valence-corrected chi connectivity index (χ1v) is 8.53. The zero-order valence-electron chi connectivity index (χ0n) is 14.0. The Labute approximate surface area is 153 Å². The Kier molecular flexibility index (Phi) is 4.48. The predicted octanol–water partition coefficient (Wildman–Crippen LogP) is 4.20. The molecule has 3 N–H and O–H groups in total. The minimum absolute atomic E-state index is 0.0554. The summed E-state index contributed by atoms with van der Waals surface area (Å²) in [6.45, 7) is 3.40. The number of phenols is 1. The minimum Gasteiger partial charge on any atom is -0.508 e. The van der Waals surface area contributed by atoms with Crippen molar-refractivity contribution in [3.05, 3.63) is 57.4 Å². The molecule has 0 amide bonds. The topological polar surface area (TPSA) is 108 Å². The van der Waals surface area contributed by atoms with Crippen LogP contribution < -0.4 is 0 Å². The number of nitrogens with zero attached hydrogens (tertiary/aromatic N) is 1. The number of rotatable bonds is 4. The normalized spacial score (nSPS) is 10.7. The number of aromatic carboxylic acids is 2. The number of carboxylic acid groups (broad SMARTS) is 2. The second-order valence-corrected chi connectivity index (χ2v) is 6.84. The maximum absolute atomic E-state index is 12.1. The van der Waals surface area contributed by atoms with Gasteiger partial charge in [0.05, 0.1) is 21.8 Å². The molecular weight excluding hydrogens is 354 g/mol. The monoisotopic (exact) mass is 369 g/mol. The minimum atomic E-state index is -1.24. The summed E-state index contributed by atoms with van der Waals surface area (Å²) in [7, 11) is 0. The third-order valence-electron chi connectivity index (χ3n) is 4.01. The van der Waals surface area contributed by atoms with E-state index in [2.05, 4.69) is 4.98 Å². The van der Waals surface area contributed by atoms with E-state index in [1.165, 1.54) is 23.5 Å². The Balaban J connectivity index is 2.44. The van der Waals surface area contributed by atoms with Gasteiger partial charge in [-0.15, -0.1) is 11.3 Å². The number of aromatic hydroxyl groups is 1. The highest BCUT2D eigenvalue weighted by molar-refractivity contribution is 7.09. The molecule has 0 spiro atoms. The summed E-state index contributed by atoms with van der Waals surface area (Å²) in [6.07, 6.45) is 0. The smallest absolute Gasteiger partial charge is 0.337 e. The van der Waals surface area contributed by atoms with Gasteiger partial charge in [0.15, 0.2) is 0 Å². The predicted molar refractivity (Wildman–Crippen MR) is 98.0 cm³/mol. The van der Waals surface area contributed by atoms with Crippen molar-refractivity contribution in [1.82, 2.24) is 4.98 Å². The van der Waals surface area contributed by atoms with E-state index in [9.17, 15) is 24.9 Å². The molecule has 0 saturated heterocycles. The van der Waals surface area contributed by atoms with Crippen LogP contribution in [0, 0.1) is 13.8 Å². The molecule has 1 heterocycles. The molecule has 26 heavy (non-hydrogen) atoms. The molecule has 6 nitrogen and oxygen atoms in total. The number of carboxylic acids is 2. The van der Waals surface area contributed by atoms with Crippen molar-refractivity contribution in [2.24, 2.45) is 0 Å². The van der Waals surface area contributed by atoms with Crippen LogP contribution in [-0.4, -0.2) is 32.2 Å². The van der Waals surface area contributed by atoms with Crippen LogP contribution in [0.15, 0.2) is 35.7 Å². The van der Waals surface area contributed by atoms with Gasteiger partial charge in [0.1, 0.15) is 5.75 Å². The fourth-order valence-electron chi connectivity index (χ4n) is 2.92. The third kappa shape index (κ3) is 3.04. The molecule has 0 bridgehead atoms. The zero-order valence-corrected chi connectivity index (χ0v) is 14.8. The second kappa shape index (κ2) is 6.61. The summed E-state index contributed by atoms with van der Waals surface area (Å²) in [5.74, 6) is -2.39. The van der Waals surface area contributed by atoms with Crippen molar-refractivity contribution < 1.29 is 24.9 Å². The van der Waals surface area contributed by atoms with E-state index in [1.54, 1.807) is 37.4 Å². The Morgan fingerprint density at radius 2 is 1.62 bits per heavy atom. The molecule has 7 heteroatoms. The van der Waals surface area contributed by atoms with Gasteiger partial charge in [-0.05, 0) is 48.7 Å². The van der Waals surface area contributed by atoms with Crippen molar-refractivity contribution >= 4 is 23.3 Å². The van der Waals surface area contributed by atoms with Crippen LogP contribution >= 0.6 is 11.3 Å². The molecule has 3 aromatic rings. The molecule has 0 aliphatic heterocycles. The first-order valence-electron chi connectivity index (χ1n) is 7.65. The van der Waals surface area contributed by atoms with E-state index in [-0.39, 0.29) is 22.4 Å². The van der Waals surface area contributed by atoms with Gasteiger partial charge in [-0.2, -0.15) is 0 Å². The molecule has 3 rings (SSSR count). The van der Waals surface area contributed by atoms with E-state index in [1.807, 2.05) is 0 Å². The maximum Gasteiger partial charge on any atom is 0.337 e. The molecule has 1 aromatic heterocycles. The van der Waals surface area contributed by atoms with Crippen LogP contribution in [0.4, 0.5) is 0 Å². The fourth-order valence-corrected chi connectivity index (χ4v) is 3.52. The van der Waals surface area contributed by atoms with Gasteiger partial charge < -0.3 is 15.3 Å². The molecule has 132 valence electrons. The SMILES string of the molecule is Cc1nc(-c2c(C(=O)O)c(C)cc(-c3ccc(O)cc3)c2C(=O)O)cs1. The first kappa shape index (κ1) is 17.6. The number of thiazole rings is 1. The second-order valence-electron chi connectivity index (χ2n) is 5.77. The van der Waals surface area contributed by atoms with Crippen molar-refractivity contribution in [2.45, 2.75) is 13.8 Å². The van der Waals surface area contributed by atoms with Crippen LogP contribution in [0.1, 0.15) is 31.3 Å². The highest BCUT2D eigenvalue weighted by Crippen LogP contribution is 2.38. The molecule has 0 aliphatic carbocycles. The van der Waals surface area contributed by atoms with Gasteiger partial charge in [-0.25, -0.2) is 14.6 Å². The van der Waals surface area contributed by atoms with Crippen molar-refractivity contribution in [2.75, 3.05) is 0 Å². The average Bonchev–Trinajstić information content (AvgIpc) is 3.00. The number of hydrogen-bond acceptors (Lipinski definition) is 5. The average molecular weight is 369 g/mol. The lowest BCUT2D eigenvalue weighted by Crippen LogP contribution is -2.11. The van der Waals surface area contributed by atoms with Gasteiger partial charge in [-0.3, -0.25) is 0 Å². The summed E-state index contributed by atoms with van der Waals surface area (Å²) in [5.41, 5.74) is 1.60. The van der Waals surface area contributed by atoms with E-state index in [0.29, 0.717) is 27.4 Å². The Bertz CT molecular complexity index is 1020. The summed E-state index contributed by atoms with van der Waals surface area (Å²) in [6, 6.07) is 7.63. The van der Waals surface area contributed by atoms with Gasteiger partial charge in [0.25, 0.3) is 0 Å². The van der Waals surface area contributed by atoms with Crippen LogP contribution in [0.5, 0.6) is 5.75 Å². The highest BCUT2D eigenvalue weighted by Gasteiger charge is 2.27. The quantitative estimate of drug-likeness (QED) is 0.636. The number of aromatic nitrogens is 1. The van der Waals surface area contributed by atoms with E-state index in [0.717, 1.165) is 0 Å². The number of benzene rings is 2. The van der Waals surface area contributed by atoms with Crippen molar-refractivity contribution in [1.29, 1.82) is 0 Å². The number of carbonyl (C=O) groups is 2. The summed E-state index contributed by atoms with van der Waals surface area (Å²) in [4.78, 5) is 28.2. The number of aryl methyl sites for hydroxylation is 2.